The molecule has 0 fully saturated rings. The maximum absolute atomic E-state index is 12.4. The topological polar surface area (TPSA) is 95.9 Å². The fraction of sp³-hybridized carbons (Fsp3) is 0.938. The van der Waals surface area contributed by atoms with E-state index in [9.17, 15) is 19.8 Å². The van der Waals surface area contributed by atoms with Gasteiger partial charge in [0.25, 0.3) is 0 Å². The quantitative estimate of drug-likeness (QED) is 0.0321. The number of rotatable bonds is 60. The summed E-state index contributed by atoms with van der Waals surface area (Å²) in [6.07, 6.45) is 72.5. The second kappa shape index (κ2) is 60.2. The highest BCUT2D eigenvalue weighted by Crippen LogP contribution is 2.19. The highest BCUT2D eigenvalue weighted by molar-refractivity contribution is 5.76. The van der Waals surface area contributed by atoms with E-state index in [-0.39, 0.29) is 18.5 Å². The van der Waals surface area contributed by atoms with Gasteiger partial charge in [0.2, 0.25) is 5.91 Å². The Morgan fingerprint density at radius 2 is 0.686 bits per heavy atom. The van der Waals surface area contributed by atoms with Crippen molar-refractivity contribution in [2.24, 2.45) is 0 Å². The highest BCUT2D eigenvalue weighted by Gasteiger charge is 2.20. The smallest absolute Gasteiger partial charge is 0.305 e. The lowest BCUT2D eigenvalue weighted by Crippen LogP contribution is -2.45. The number of allylic oxidation sites excluding steroid dienone is 2. The zero-order chi connectivity index (χ0) is 50.7. The molecule has 70 heavy (non-hydrogen) atoms. The number of amides is 1. The van der Waals surface area contributed by atoms with Gasteiger partial charge in [-0.05, 0) is 44.9 Å². The third kappa shape index (κ3) is 55.9. The van der Waals surface area contributed by atoms with Crippen LogP contribution in [0.25, 0.3) is 0 Å². The number of nitrogens with one attached hydrogen (secondary N) is 1. The van der Waals surface area contributed by atoms with E-state index in [2.05, 4.69) is 31.3 Å². The van der Waals surface area contributed by atoms with Crippen LogP contribution in [0.1, 0.15) is 361 Å². The molecule has 6 heteroatoms. The van der Waals surface area contributed by atoms with Crippen LogP contribution < -0.4 is 5.32 Å². The molecule has 0 spiro atoms. The fourth-order valence-electron chi connectivity index (χ4n) is 10.2. The summed E-state index contributed by atoms with van der Waals surface area (Å²) in [6, 6.07) is -0.536. The molecule has 0 rings (SSSR count). The normalized spacial score (nSPS) is 12.6. The Labute approximate surface area is 438 Å². The molecule has 2 atom stereocenters. The SMILES string of the molecule is CCCC/C=C\CCCCCCCC(=O)OCCCCCCCCCCCCCCCCCCCCCCCCCCCCCCCCCC(=O)NC(CO)C(O)CCCCCCCCCCCCC. The summed E-state index contributed by atoms with van der Waals surface area (Å²) in [5.74, 6) is -0.0201. The Balaban J connectivity index is 3.30. The van der Waals surface area contributed by atoms with Crippen LogP contribution in [0, 0.1) is 0 Å². The number of aliphatic hydroxyl groups is 2. The highest BCUT2D eigenvalue weighted by atomic mass is 16.5. The molecule has 3 N–H and O–H groups in total. The molecule has 0 aromatic carbocycles. The van der Waals surface area contributed by atoms with Crippen molar-refractivity contribution in [1.82, 2.24) is 5.32 Å². The van der Waals surface area contributed by atoms with Crippen LogP contribution in [0.3, 0.4) is 0 Å². The first kappa shape index (κ1) is 68.6. The van der Waals surface area contributed by atoms with Crippen LogP contribution in [0.2, 0.25) is 0 Å². The average molecular weight is 989 g/mol. The van der Waals surface area contributed by atoms with Gasteiger partial charge in [0.15, 0.2) is 0 Å². The molecule has 416 valence electrons. The molecule has 2 unspecified atom stereocenters. The third-order valence-electron chi connectivity index (χ3n) is 15.1. The van der Waals surface area contributed by atoms with E-state index in [1.54, 1.807) is 0 Å². The van der Waals surface area contributed by atoms with Gasteiger partial charge in [-0.25, -0.2) is 0 Å². The van der Waals surface area contributed by atoms with Gasteiger partial charge in [-0.1, -0.05) is 315 Å². The van der Waals surface area contributed by atoms with E-state index in [1.807, 2.05) is 0 Å². The number of ether oxygens (including phenoxy) is 1. The van der Waals surface area contributed by atoms with Crippen molar-refractivity contribution in [3.05, 3.63) is 12.2 Å². The summed E-state index contributed by atoms with van der Waals surface area (Å²) in [6.45, 7) is 4.93. The van der Waals surface area contributed by atoms with Crippen LogP contribution in [0.15, 0.2) is 12.2 Å². The van der Waals surface area contributed by atoms with Gasteiger partial charge in [0.05, 0.1) is 25.4 Å². The Morgan fingerprint density at radius 3 is 1.06 bits per heavy atom. The Bertz CT molecular complexity index is 1050. The van der Waals surface area contributed by atoms with E-state index in [0.29, 0.717) is 25.9 Å². The van der Waals surface area contributed by atoms with Crippen molar-refractivity contribution in [3.63, 3.8) is 0 Å². The largest absolute Gasteiger partial charge is 0.466 e. The van der Waals surface area contributed by atoms with Gasteiger partial charge in [-0.15, -0.1) is 0 Å². The van der Waals surface area contributed by atoms with E-state index < -0.39 is 12.1 Å². The van der Waals surface area contributed by atoms with Gasteiger partial charge >= 0.3 is 5.97 Å². The molecule has 0 aliphatic heterocycles. The fourth-order valence-corrected chi connectivity index (χ4v) is 10.2. The molecule has 0 bridgehead atoms. The van der Waals surface area contributed by atoms with Gasteiger partial charge < -0.3 is 20.3 Å². The predicted molar refractivity (Wildman–Crippen MR) is 306 cm³/mol. The van der Waals surface area contributed by atoms with Crippen molar-refractivity contribution in [2.45, 2.75) is 373 Å². The lowest BCUT2D eigenvalue weighted by Gasteiger charge is -2.22. The van der Waals surface area contributed by atoms with Crippen LogP contribution in [-0.2, 0) is 14.3 Å². The lowest BCUT2D eigenvalue weighted by molar-refractivity contribution is -0.143. The molecule has 0 aliphatic rings. The monoisotopic (exact) mass is 988 g/mol. The standard InChI is InChI=1S/C64H125NO5/c1-3-5-7-9-11-13-36-40-44-48-52-56-62(67)61(60-66)65-63(68)57-53-49-45-41-38-34-32-30-28-26-24-22-20-18-16-15-17-19-21-23-25-27-29-31-33-35-39-43-47-51-55-59-70-64(69)58-54-50-46-42-37-14-12-10-8-6-4-2/h10,12,61-62,66-67H,3-9,11,13-60H2,1-2H3,(H,65,68)/b12-10-. The Morgan fingerprint density at radius 1 is 0.386 bits per heavy atom. The van der Waals surface area contributed by atoms with Crippen molar-refractivity contribution >= 4 is 11.9 Å². The van der Waals surface area contributed by atoms with Crippen LogP contribution in [0.4, 0.5) is 0 Å². The van der Waals surface area contributed by atoms with Crippen molar-refractivity contribution in [1.29, 1.82) is 0 Å². The zero-order valence-corrected chi connectivity index (χ0v) is 47.5. The minimum Gasteiger partial charge on any atom is -0.466 e. The van der Waals surface area contributed by atoms with Crippen molar-refractivity contribution in [2.75, 3.05) is 13.2 Å². The van der Waals surface area contributed by atoms with Gasteiger partial charge in [-0.3, -0.25) is 9.59 Å². The zero-order valence-electron chi connectivity index (χ0n) is 47.5. The molecule has 0 heterocycles. The average Bonchev–Trinajstić information content (AvgIpc) is 3.36. The number of carbonyl (C=O) groups is 2. The second-order valence-corrected chi connectivity index (χ2v) is 22.1. The molecule has 0 radical (unpaired) electrons. The number of unbranched alkanes of at least 4 members (excludes halogenated alkanes) is 47. The minimum atomic E-state index is -0.659. The van der Waals surface area contributed by atoms with E-state index >= 15 is 0 Å². The summed E-state index contributed by atoms with van der Waals surface area (Å²) in [5, 5.41) is 23.2. The Kier molecular flexibility index (Phi) is 59.0. The van der Waals surface area contributed by atoms with E-state index in [0.717, 1.165) is 44.9 Å². The van der Waals surface area contributed by atoms with Gasteiger partial charge in [0, 0.05) is 12.8 Å². The first-order valence-corrected chi connectivity index (χ1v) is 31.9. The second-order valence-electron chi connectivity index (χ2n) is 22.1. The maximum atomic E-state index is 12.4. The first-order chi connectivity index (χ1) is 34.5. The molecule has 0 aliphatic carbocycles. The molecule has 1 amide bonds. The van der Waals surface area contributed by atoms with Gasteiger partial charge in [0.1, 0.15) is 0 Å². The molecule has 0 aromatic heterocycles. The maximum Gasteiger partial charge on any atom is 0.305 e. The first-order valence-electron chi connectivity index (χ1n) is 31.9. The summed E-state index contributed by atoms with van der Waals surface area (Å²) < 4.78 is 5.46. The van der Waals surface area contributed by atoms with Crippen LogP contribution in [0.5, 0.6) is 0 Å². The van der Waals surface area contributed by atoms with E-state index in [1.165, 1.54) is 283 Å². The minimum absolute atomic E-state index is 0.00990. The molecule has 6 nitrogen and oxygen atoms in total. The number of hydrogen-bond donors (Lipinski definition) is 3. The Hall–Kier alpha value is -1.40. The summed E-state index contributed by atoms with van der Waals surface area (Å²) in [4.78, 5) is 24.4. The molecular weight excluding hydrogens is 863 g/mol. The van der Waals surface area contributed by atoms with Crippen LogP contribution >= 0.6 is 0 Å². The summed E-state index contributed by atoms with van der Waals surface area (Å²) >= 11 is 0. The third-order valence-corrected chi connectivity index (χ3v) is 15.1. The van der Waals surface area contributed by atoms with Crippen molar-refractivity contribution < 1.29 is 24.5 Å². The molecular formula is C64H125NO5. The molecule has 0 saturated heterocycles. The van der Waals surface area contributed by atoms with Gasteiger partial charge in [-0.2, -0.15) is 0 Å². The van der Waals surface area contributed by atoms with Crippen molar-refractivity contribution in [3.8, 4) is 0 Å². The number of esters is 1. The molecule has 0 saturated carbocycles. The summed E-state index contributed by atoms with van der Waals surface area (Å²) in [7, 11) is 0. The molecule has 0 aromatic rings. The van der Waals surface area contributed by atoms with Crippen LogP contribution in [-0.4, -0.2) is 47.4 Å². The van der Waals surface area contributed by atoms with E-state index in [4.69, 9.17) is 4.74 Å². The number of carbonyl (C=O) groups excluding carboxylic acids is 2. The summed E-state index contributed by atoms with van der Waals surface area (Å²) in [5.41, 5.74) is 0. The number of hydrogen-bond acceptors (Lipinski definition) is 5. The number of aliphatic hydroxyl groups excluding tert-OH is 2. The predicted octanol–water partition coefficient (Wildman–Crippen LogP) is 20.0. The lowest BCUT2D eigenvalue weighted by atomic mass is 10.0.